The number of hydrogen-bond donors (Lipinski definition) is 3. The van der Waals surface area contributed by atoms with Crippen molar-refractivity contribution in [1.82, 2.24) is 4.72 Å². The highest BCUT2D eigenvalue weighted by Gasteiger charge is 2.22. The summed E-state index contributed by atoms with van der Waals surface area (Å²) in [7, 11) is -3.82. The van der Waals surface area contributed by atoms with Gasteiger partial charge in [0.05, 0.1) is 16.1 Å². The lowest BCUT2D eigenvalue weighted by Gasteiger charge is -2.18. The van der Waals surface area contributed by atoms with Gasteiger partial charge in [-0.2, -0.15) is 0 Å². The summed E-state index contributed by atoms with van der Waals surface area (Å²) < 4.78 is 26.4. The van der Waals surface area contributed by atoms with Gasteiger partial charge in [0.15, 0.2) is 0 Å². The molecule has 3 N–H and O–H groups in total. The van der Waals surface area contributed by atoms with Crippen LogP contribution in [0.25, 0.3) is 0 Å². The van der Waals surface area contributed by atoms with Crippen LogP contribution in [0, 0.1) is 0 Å². The van der Waals surface area contributed by atoms with Crippen LogP contribution >= 0.6 is 15.9 Å². The van der Waals surface area contributed by atoms with Gasteiger partial charge in [-0.25, -0.2) is 17.9 Å². The Morgan fingerprint density at radius 2 is 2.00 bits per heavy atom. The van der Waals surface area contributed by atoms with Crippen molar-refractivity contribution < 1.29 is 23.4 Å². The first kappa shape index (κ1) is 16.1. The maximum absolute atomic E-state index is 12.0. The van der Waals surface area contributed by atoms with Crippen molar-refractivity contribution in [1.29, 1.82) is 0 Å². The van der Waals surface area contributed by atoms with E-state index < -0.39 is 21.6 Å². The predicted octanol–water partition coefficient (Wildman–Crippen LogP) is 1.20. The van der Waals surface area contributed by atoms with Crippen LogP contribution < -0.4 is 4.72 Å². The molecule has 0 amide bonds. The molecule has 0 aliphatic heterocycles. The maximum Gasteiger partial charge on any atom is 0.335 e. The second-order valence-corrected chi connectivity index (χ2v) is 7.18. The molecule has 0 fully saturated rings. The summed E-state index contributed by atoms with van der Waals surface area (Å²) in [6, 6.07) is 3.60. The van der Waals surface area contributed by atoms with Crippen LogP contribution in [0.15, 0.2) is 27.6 Å². The summed E-state index contributed by atoms with van der Waals surface area (Å²) in [6.07, 6.45) is 0. The topological polar surface area (TPSA) is 104 Å². The van der Waals surface area contributed by atoms with Gasteiger partial charge in [-0.05, 0) is 48.0 Å². The zero-order chi connectivity index (χ0) is 14.8. The smallest absolute Gasteiger partial charge is 0.335 e. The number of aromatic carboxylic acids is 1. The number of halogens is 1. The summed E-state index contributed by atoms with van der Waals surface area (Å²) in [4.78, 5) is 10.7. The van der Waals surface area contributed by atoms with Crippen LogP contribution in [0.1, 0.15) is 24.2 Å². The molecule has 6 nitrogen and oxygen atoms in total. The Kier molecular flexibility index (Phi) is 4.72. The van der Waals surface area contributed by atoms with Gasteiger partial charge in [0.1, 0.15) is 0 Å². The first-order valence-corrected chi connectivity index (χ1v) is 7.55. The normalized spacial score (nSPS) is 12.4. The lowest BCUT2D eigenvalue weighted by Crippen LogP contribution is -2.38. The highest BCUT2D eigenvalue weighted by Crippen LogP contribution is 2.23. The van der Waals surface area contributed by atoms with Crippen LogP contribution in [0.4, 0.5) is 0 Å². The minimum atomic E-state index is -3.82. The third kappa shape index (κ3) is 4.57. The lowest BCUT2D eigenvalue weighted by atomic mass is 10.1. The van der Waals surface area contributed by atoms with Crippen LogP contribution in [0.5, 0.6) is 0 Å². The molecular formula is C11H14BrNO5S. The van der Waals surface area contributed by atoms with E-state index in [4.69, 9.17) is 5.11 Å². The molecule has 0 aliphatic carbocycles. The fourth-order valence-corrected chi connectivity index (χ4v) is 3.48. The SMILES string of the molecule is CC(C)(O)CNS(=O)(=O)c1ccc(C(=O)O)cc1Br. The molecule has 8 heteroatoms. The molecule has 1 aromatic rings. The molecule has 1 aromatic carbocycles. The Labute approximate surface area is 119 Å². The van der Waals surface area contributed by atoms with Crippen LogP contribution in [-0.2, 0) is 10.0 Å². The Morgan fingerprint density at radius 1 is 1.42 bits per heavy atom. The van der Waals surface area contributed by atoms with Crippen molar-refractivity contribution in [3.05, 3.63) is 28.2 Å². The number of rotatable bonds is 5. The third-order valence-corrected chi connectivity index (χ3v) is 4.54. The number of carboxylic acid groups (broad SMARTS) is 1. The molecule has 0 saturated carbocycles. The highest BCUT2D eigenvalue weighted by molar-refractivity contribution is 9.10. The summed E-state index contributed by atoms with van der Waals surface area (Å²) in [6.45, 7) is 2.79. The van der Waals surface area contributed by atoms with Gasteiger partial charge < -0.3 is 10.2 Å². The number of carbonyl (C=O) groups is 1. The Hall–Kier alpha value is -0.960. The number of hydrogen-bond acceptors (Lipinski definition) is 4. The van der Waals surface area contributed by atoms with Gasteiger partial charge in [-0.15, -0.1) is 0 Å². The quantitative estimate of drug-likeness (QED) is 0.739. The lowest BCUT2D eigenvalue weighted by molar-refractivity contribution is 0.0696. The first-order chi connectivity index (χ1) is 8.53. The van der Waals surface area contributed by atoms with E-state index in [9.17, 15) is 18.3 Å². The van der Waals surface area contributed by atoms with Crippen molar-refractivity contribution in [3.8, 4) is 0 Å². The number of carboxylic acids is 1. The molecule has 0 atom stereocenters. The molecule has 0 unspecified atom stereocenters. The zero-order valence-corrected chi connectivity index (χ0v) is 12.7. The van der Waals surface area contributed by atoms with E-state index >= 15 is 0 Å². The molecule has 0 aliphatic rings. The van der Waals surface area contributed by atoms with Crippen molar-refractivity contribution in [2.24, 2.45) is 0 Å². The molecule has 1 rings (SSSR count). The predicted molar refractivity (Wildman–Crippen MR) is 72.6 cm³/mol. The Morgan fingerprint density at radius 3 is 2.42 bits per heavy atom. The van der Waals surface area contributed by atoms with Gasteiger partial charge in [0.2, 0.25) is 10.0 Å². The van der Waals surface area contributed by atoms with E-state index in [2.05, 4.69) is 20.7 Å². The van der Waals surface area contributed by atoms with E-state index in [1.165, 1.54) is 32.0 Å². The van der Waals surface area contributed by atoms with Gasteiger partial charge in [-0.3, -0.25) is 0 Å². The van der Waals surface area contributed by atoms with E-state index in [0.29, 0.717) is 0 Å². The molecular weight excluding hydrogens is 338 g/mol. The third-order valence-electron chi connectivity index (χ3n) is 2.16. The van der Waals surface area contributed by atoms with Crippen LogP contribution in [0.3, 0.4) is 0 Å². The first-order valence-electron chi connectivity index (χ1n) is 5.28. The summed E-state index contributed by atoms with van der Waals surface area (Å²) in [5.74, 6) is -1.14. The van der Waals surface area contributed by atoms with Gasteiger partial charge >= 0.3 is 5.97 Å². The van der Waals surface area contributed by atoms with E-state index in [0.717, 1.165) is 0 Å². The zero-order valence-electron chi connectivity index (χ0n) is 10.3. The van der Waals surface area contributed by atoms with E-state index in [1.807, 2.05) is 0 Å². The second-order valence-electron chi connectivity index (χ2n) is 4.59. The van der Waals surface area contributed by atoms with Crippen molar-refractivity contribution in [2.75, 3.05) is 6.54 Å². The molecule has 106 valence electrons. The molecule has 0 bridgehead atoms. The van der Waals surface area contributed by atoms with Gasteiger partial charge in [0, 0.05) is 11.0 Å². The Bertz CT molecular complexity index is 592. The number of benzene rings is 1. The Balaban J connectivity index is 3.06. The minimum Gasteiger partial charge on any atom is -0.478 e. The van der Waals surface area contributed by atoms with E-state index in [-0.39, 0.29) is 21.5 Å². The standard InChI is InChI=1S/C11H14BrNO5S/c1-11(2,16)6-13-19(17,18)9-4-3-7(10(14)15)5-8(9)12/h3-5,13,16H,6H2,1-2H3,(H,14,15). The molecule has 0 heterocycles. The van der Waals surface area contributed by atoms with Gasteiger partial charge in [0.25, 0.3) is 0 Å². The highest BCUT2D eigenvalue weighted by atomic mass is 79.9. The van der Waals surface area contributed by atoms with Crippen LogP contribution in [-0.4, -0.2) is 36.7 Å². The number of aliphatic hydroxyl groups is 1. The minimum absolute atomic E-state index is 0.0201. The fraction of sp³-hybridized carbons (Fsp3) is 0.364. The molecule has 19 heavy (non-hydrogen) atoms. The largest absolute Gasteiger partial charge is 0.478 e. The monoisotopic (exact) mass is 351 g/mol. The summed E-state index contributed by atoms with van der Waals surface area (Å²) in [5, 5.41) is 18.3. The molecule has 0 spiro atoms. The van der Waals surface area contributed by atoms with Crippen LogP contribution in [0.2, 0.25) is 0 Å². The van der Waals surface area contributed by atoms with Crippen molar-refractivity contribution in [2.45, 2.75) is 24.3 Å². The fourth-order valence-electron chi connectivity index (χ4n) is 1.20. The molecule has 0 saturated heterocycles. The molecule has 0 radical (unpaired) electrons. The van der Waals surface area contributed by atoms with Crippen molar-refractivity contribution in [3.63, 3.8) is 0 Å². The average molecular weight is 352 g/mol. The van der Waals surface area contributed by atoms with Gasteiger partial charge in [-0.1, -0.05) is 0 Å². The van der Waals surface area contributed by atoms with E-state index in [1.54, 1.807) is 0 Å². The summed E-state index contributed by atoms with van der Waals surface area (Å²) in [5.41, 5.74) is -1.20. The molecule has 0 aromatic heterocycles. The maximum atomic E-state index is 12.0. The van der Waals surface area contributed by atoms with Crippen molar-refractivity contribution >= 4 is 31.9 Å². The average Bonchev–Trinajstić information content (AvgIpc) is 2.25. The summed E-state index contributed by atoms with van der Waals surface area (Å²) >= 11 is 3.03. The number of nitrogens with one attached hydrogen (secondary N) is 1. The second kappa shape index (κ2) is 5.58. The number of sulfonamides is 1.